The molecule has 2 aromatic rings. The quantitative estimate of drug-likeness (QED) is 0.809. The zero-order valence-corrected chi connectivity index (χ0v) is 15.3. The summed E-state index contributed by atoms with van der Waals surface area (Å²) in [6.07, 6.45) is 3.43. The van der Waals surface area contributed by atoms with Gasteiger partial charge < -0.3 is 9.64 Å². The SMILES string of the molecule is COC1CC(C)Cc2c(-c3ccccc3)nn(CCCN(C)C)c21. The predicted molar refractivity (Wildman–Crippen MR) is 98.1 cm³/mol. The second-order valence-corrected chi connectivity index (χ2v) is 7.23. The Morgan fingerprint density at radius 3 is 2.67 bits per heavy atom. The Labute approximate surface area is 145 Å². The molecule has 0 N–H and O–H groups in total. The fraction of sp³-hybridized carbons (Fsp3) is 0.550. The Balaban J connectivity index is 2.00. The summed E-state index contributed by atoms with van der Waals surface area (Å²) in [6, 6.07) is 10.6. The molecular formula is C20H29N3O. The first-order valence-electron chi connectivity index (χ1n) is 8.92. The van der Waals surface area contributed by atoms with Crippen LogP contribution in [0, 0.1) is 5.92 Å². The second kappa shape index (κ2) is 7.49. The molecule has 0 saturated carbocycles. The number of hydrogen-bond acceptors (Lipinski definition) is 3. The summed E-state index contributed by atoms with van der Waals surface area (Å²) in [7, 11) is 6.06. The number of ether oxygens (including phenoxy) is 1. The van der Waals surface area contributed by atoms with Crippen LogP contribution in [0.2, 0.25) is 0 Å². The number of fused-ring (bicyclic) bond motifs is 1. The van der Waals surface area contributed by atoms with Gasteiger partial charge in [0.15, 0.2) is 0 Å². The molecule has 1 aliphatic carbocycles. The van der Waals surface area contributed by atoms with Crippen molar-refractivity contribution in [3.8, 4) is 11.3 Å². The van der Waals surface area contributed by atoms with Gasteiger partial charge in [-0.15, -0.1) is 0 Å². The Morgan fingerprint density at radius 1 is 1.25 bits per heavy atom. The number of benzene rings is 1. The summed E-state index contributed by atoms with van der Waals surface area (Å²) in [5.41, 5.74) is 5.04. The molecule has 0 aliphatic heterocycles. The van der Waals surface area contributed by atoms with Crippen molar-refractivity contribution in [2.75, 3.05) is 27.7 Å². The van der Waals surface area contributed by atoms with Gasteiger partial charge in [-0.25, -0.2) is 0 Å². The van der Waals surface area contributed by atoms with Crippen molar-refractivity contribution in [2.45, 2.75) is 38.8 Å². The lowest BCUT2D eigenvalue weighted by Gasteiger charge is -2.27. The number of aryl methyl sites for hydroxylation is 1. The molecule has 0 saturated heterocycles. The molecule has 4 heteroatoms. The Hall–Kier alpha value is -1.65. The summed E-state index contributed by atoms with van der Waals surface area (Å²) in [4.78, 5) is 2.23. The predicted octanol–water partition coefficient (Wildman–Crippen LogP) is 3.77. The van der Waals surface area contributed by atoms with Crippen LogP contribution in [0.3, 0.4) is 0 Å². The summed E-state index contributed by atoms with van der Waals surface area (Å²) in [5.74, 6) is 0.629. The lowest BCUT2D eigenvalue weighted by atomic mass is 9.84. The average molecular weight is 327 g/mol. The molecule has 0 bridgehead atoms. The molecule has 0 spiro atoms. The standard InChI is InChI=1S/C20H29N3O/c1-15-13-17-19(16-9-6-5-7-10-16)21-23(12-8-11-22(2)3)20(17)18(14-15)24-4/h5-7,9-10,15,18H,8,11-14H2,1-4H3. The van der Waals surface area contributed by atoms with E-state index in [9.17, 15) is 0 Å². The lowest BCUT2D eigenvalue weighted by molar-refractivity contribution is 0.0667. The van der Waals surface area contributed by atoms with Gasteiger partial charge in [0, 0.05) is 24.8 Å². The van der Waals surface area contributed by atoms with Gasteiger partial charge in [0.2, 0.25) is 0 Å². The van der Waals surface area contributed by atoms with Crippen molar-refractivity contribution in [2.24, 2.45) is 5.92 Å². The molecule has 1 aromatic carbocycles. The van der Waals surface area contributed by atoms with Crippen LogP contribution in [0.5, 0.6) is 0 Å². The Morgan fingerprint density at radius 2 is 2.00 bits per heavy atom. The molecule has 1 aliphatic rings. The van der Waals surface area contributed by atoms with Crippen molar-refractivity contribution in [3.05, 3.63) is 41.6 Å². The molecule has 2 atom stereocenters. The van der Waals surface area contributed by atoms with E-state index in [1.807, 2.05) is 7.11 Å². The van der Waals surface area contributed by atoms with Gasteiger partial charge >= 0.3 is 0 Å². The first-order chi connectivity index (χ1) is 11.6. The largest absolute Gasteiger partial charge is 0.375 e. The van der Waals surface area contributed by atoms with Crippen LogP contribution in [0.1, 0.15) is 37.1 Å². The van der Waals surface area contributed by atoms with Crippen molar-refractivity contribution in [1.29, 1.82) is 0 Å². The first kappa shape index (κ1) is 17.2. The Bertz CT molecular complexity index is 663. The number of hydrogen-bond donors (Lipinski definition) is 0. The van der Waals surface area contributed by atoms with Gasteiger partial charge in [-0.2, -0.15) is 5.10 Å². The van der Waals surface area contributed by atoms with Gasteiger partial charge in [0.25, 0.3) is 0 Å². The third-order valence-electron chi connectivity index (χ3n) is 4.87. The highest BCUT2D eigenvalue weighted by Crippen LogP contribution is 2.40. The van der Waals surface area contributed by atoms with Gasteiger partial charge in [0.1, 0.15) is 0 Å². The van der Waals surface area contributed by atoms with Crippen molar-refractivity contribution in [1.82, 2.24) is 14.7 Å². The van der Waals surface area contributed by atoms with Crippen molar-refractivity contribution in [3.63, 3.8) is 0 Å². The smallest absolute Gasteiger partial charge is 0.0993 e. The van der Waals surface area contributed by atoms with E-state index in [1.54, 1.807) is 0 Å². The minimum absolute atomic E-state index is 0.160. The number of aromatic nitrogens is 2. The van der Waals surface area contributed by atoms with Gasteiger partial charge in [-0.05, 0) is 45.8 Å². The van der Waals surface area contributed by atoms with Crippen LogP contribution in [0.15, 0.2) is 30.3 Å². The van der Waals surface area contributed by atoms with E-state index in [4.69, 9.17) is 9.84 Å². The third kappa shape index (κ3) is 3.55. The number of methoxy groups -OCH3 is 1. The molecule has 0 amide bonds. The molecule has 24 heavy (non-hydrogen) atoms. The fourth-order valence-electron chi connectivity index (χ4n) is 3.73. The van der Waals surface area contributed by atoms with E-state index in [0.29, 0.717) is 5.92 Å². The van der Waals surface area contributed by atoms with Crippen LogP contribution in [-0.2, 0) is 17.7 Å². The van der Waals surface area contributed by atoms with Crippen LogP contribution in [0.25, 0.3) is 11.3 Å². The molecule has 1 aromatic heterocycles. The molecule has 2 unspecified atom stereocenters. The topological polar surface area (TPSA) is 30.3 Å². The maximum atomic E-state index is 5.83. The lowest BCUT2D eigenvalue weighted by Crippen LogP contribution is -2.22. The summed E-state index contributed by atoms with van der Waals surface area (Å²) in [6.45, 7) is 4.33. The van der Waals surface area contributed by atoms with E-state index in [1.165, 1.54) is 16.8 Å². The zero-order valence-electron chi connectivity index (χ0n) is 15.3. The molecule has 4 nitrogen and oxygen atoms in total. The number of nitrogens with zero attached hydrogens (tertiary/aromatic N) is 3. The molecule has 130 valence electrons. The van der Waals surface area contributed by atoms with Crippen LogP contribution in [0.4, 0.5) is 0 Å². The molecule has 1 heterocycles. The minimum Gasteiger partial charge on any atom is -0.375 e. The maximum Gasteiger partial charge on any atom is 0.0993 e. The summed E-state index contributed by atoms with van der Waals surface area (Å²) < 4.78 is 8.04. The minimum atomic E-state index is 0.160. The normalized spacial score (nSPS) is 20.4. The van der Waals surface area contributed by atoms with E-state index in [0.717, 1.165) is 38.0 Å². The van der Waals surface area contributed by atoms with Crippen LogP contribution < -0.4 is 0 Å². The summed E-state index contributed by atoms with van der Waals surface area (Å²) in [5, 5.41) is 5.01. The molecule has 0 radical (unpaired) electrons. The van der Waals surface area contributed by atoms with E-state index >= 15 is 0 Å². The third-order valence-corrected chi connectivity index (χ3v) is 4.87. The van der Waals surface area contributed by atoms with Gasteiger partial charge in [-0.3, -0.25) is 4.68 Å². The van der Waals surface area contributed by atoms with E-state index in [-0.39, 0.29) is 6.10 Å². The maximum absolute atomic E-state index is 5.83. The fourth-order valence-corrected chi connectivity index (χ4v) is 3.73. The van der Waals surface area contributed by atoms with Gasteiger partial charge in [-0.1, -0.05) is 37.3 Å². The highest BCUT2D eigenvalue weighted by molar-refractivity contribution is 5.64. The number of rotatable bonds is 6. The second-order valence-electron chi connectivity index (χ2n) is 7.23. The Kier molecular flexibility index (Phi) is 5.36. The highest BCUT2D eigenvalue weighted by Gasteiger charge is 2.32. The monoisotopic (exact) mass is 327 g/mol. The van der Waals surface area contributed by atoms with Crippen molar-refractivity contribution >= 4 is 0 Å². The van der Waals surface area contributed by atoms with Gasteiger partial charge in [0.05, 0.1) is 17.5 Å². The first-order valence-corrected chi connectivity index (χ1v) is 8.92. The molecule has 0 fully saturated rings. The molecule has 3 rings (SSSR count). The highest BCUT2D eigenvalue weighted by atomic mass is 16.5. The van der Waals surface area contributed by atoms with Crippen molar-refractivity contribution < 1.29 is 4.74 Å². The van der Waals surface area contributed by atoms with Crippen LogP contribution >= 0.6 is 0 Å². The average Bonchev–Trinajstić information content (AvgIpc) is 2.93. The van der Waals surface area contributed by atoms with E-state index in [2.05, 4.69) is 60.9 Å². The molecular weight excluding hydrogens is 298 g/mol. The van der Waals surface area contributed by atoms with Crippen LogP contribution in [-0.4, -0.2) is 42.4 Å². The summed E-state index contributed by atoms with van der Waals surface area (Å²) >= 11 is 0. The zero-order chi connectivity index (χ0) is 17.1. The van der Waals surface area contributed by atoms with E-state index < -0.39 is 0 Å².